The number of hydrogen-bond acceptors (Lipinski definition) is 6. The van der Waals surface area contributed by atoms with Crippen LogP contribution in [0.25, 0.3) is 0 Å². The lowest BCUT2D eigenvalue weighted by Crippen LogP contribution is -2.19. The van der Waals surface area contributed by atoms with Gasteiger partial charge in [-0.05, 0) is 56.7 Å². The van der Waals surface area contributed by atoms with Crippen molar-refractivity contribution in [1.82, 2.24) is 0 Å². The van der Waals surface area contributed by atoms with E-state index in [0.717, 1.165) is 29.7 Å². The van der Waals surface area contributed by atoms with Crippen molar-refractivity contribution in [3.8, 4) is 11.5 Å². The molecule has 0 bridgehead atoms. The summed E-state index contributed by atoms with van der Waals surface area (Å²) in [7, 11) is 3.00. The molecule has 1 aliphatic carbocycles. The molecule has 1 aromatic heterocycles. The molecule has 2 aromatic rings. The molecule has 1 aliphatic rings. The molecule has 1 unspecified atom stereocenters. The van der Waals surface area contributed by atoms with Crippen molar-refractivity contribution < 1.29 is 23.8 Å². The first kappa shape index (κ1) is 21.2. The number of ether oxygens (including phenoxy) is 3. The van der Waals surface area contributed by atoms with E-state index in [1.165, 1.54) is 25.6 Å². The van der Waals surface area contributed by atoms with Crippen LogP contribution in [0, 0.1) is 5.92 Å². The van der Waals surface area contributed by atoms with Crippen molar-refractivity contribution in [2.24, 2.45) is 5.92 Å². The fourth-order valence-corrected chi connectivity index (χ4v) is 4.96. The van der Waals surface area contributed by atoms with Gasteiger partial charge in [0.15, 0.2) is 0 Å². The van der Waals surface area contributed by atoms with Crippen molar-refractivity contribution in [3.05, 3.63) is 39.8 Å². The van der Waals surface area contributed by atoms with Crippen LogP contribution in [0.1, 0.15) is 58.3 Å². The van der Waals surface area contributed by atoms with Gasteiger partial charge in [-0.15, -0.1) is 11.3 Å². The van der Waals surface area contributed by atoms with Crippen LogP contribution in [0.5, 0.6) is 11.5 Å². The maximum absolute atomic E-state index is 13.1. The van der Waals surface area contributed by atoms with E-state index < -0.39 is 5.97 Å². The molecule has 0 fully saturated rings. The molecule has 3 rings (SSSR count). The largest absolute Gasteiger partial charge is 0.496 e. The Morgan fingerprint density at radius 3 is 2.38 bits per heavy atom. The number of hydrogen-bond donors (Lipinski definition) is 1. The Bertz CT molecular complexity index is 896. The monoisotopic (exact) mass is 417 g/mol. The summed E-state index contributed by atoms with van der Waals surface area (Å²) in [6, 6.07) is 5.16. The number of benzene rings is 1. The Kier molecular flexibility index (Phi) is 6.47. The number of nitrogens with one attached hydrogen (secondary N) is 1. The minimum absolute atomic E-state index is 0.238. The Morgan fingerprint density at radius 1 is 1.14 bits per heavy atom. The van der Waals surface area contributed by atoms with E-state index >= 15 is 0 Å². The van der Waals surface area contributed by atoms with Crippen molar-refractivity contribution in [3.63, 3.8) is 0 Å². The van der Waals surface area contributed by atoms with E-state index in [0.29, 0.717) is 33.5 Å². The Balaban J connectivity index is 2.01. The van der Waals surface area contributed by atoms with Crippen molar-refractivity contribution >= 4 is 28.2 Å². The second-order valence-corrected chi connectivity index (χ2v) is 8.61. The van der Waals surface area contributed by atoms with Gasteiger partial charge in [-0.3, -0.25) is 4.79 Å². The van der Waals surface area contributed by atoms with Crippen LogP contribution in [0.2, 0.25) is 0 Å². The highest BCUT2D eigenvalue weighted by molar-refractivity contribution is 7.17. The number of carbonyl (C=O) groups excluding carboxylic acids is 2. The number of rotatable bonds is 6. The second-order valence-electron chi connectivity index (χ2n) is 7.50. The molecule has 1 N–H and O–H groups in total. The highest BCUT2D eigenvalue weighted by Gasteiger charge is 2.30. The highest BCUT2D eigenvalue weighted by Crippen LogP contribution is 2.41. The summed E-state index contributed by atoms with van der Waals surface area (Å²) in [5.74, 6) is 0.582. The maximum atomic E-state index is 13.1. The smallest absolute Gasteiger partial charge is 0.341 e. The number of carbonyl (C=O) groups is 2. The Hall–Kier alpha value is -2.54. The van der Waals surface area contributed by atoms with Gasteiger partial charge in [-0.25, -0.2) is 4.79 Å². The molecule has 1 atom stereocenters. The summed E-state index contributed by atoms with van der Waals surface area (Å²) < 4.78 is 16.2. The summed E-state index contributed by atoms with van der Waals surface area (Å²) in [5, 5.41) is 3.44. The summed E-state index contributed by atoms with van der Waals surface area (Å²) in [5.41, 5.74) is 1.77. The van der Waals surface area contributed by atoms with Gasteiger partial charge in [0.2, 0.25) is 0 Å². The lowest BCUT2D eigenvalue weighted by Gasteiger charge is -2.19. The molecule has 1 amide bonds. The van der Waals surface area contributed by atoms with Crippen LogP contribution in [0.15, 0.2) is 18.2 Å². The van der Waals surface area contributed by atoms with E-state index in [4.69, 9.17) is 14.2 Å². The van der Waals surface area contributed by atoms with Crippen molar-refractivity contribution in [2.75, 3.05) is 19.5 Å². The quantitative estimate of drug-likeness (QED) is 0.689. The molecule has 7 heteroatoms. The summed E-state index contributed by atoms with van der Waals surface area (Å²) >= 11 is 1.46. The zero-order chi connectivity index (χ0) is 21.1. The van der Waals surface area contributed by atoms with E-state index in [2.05, 4.69) is 12.2 Å². The molecule has 0 spiro atoms. The fraction of sp³-hybridized carbons (Fsp3) is 0.455. The van der Waals surface area contributed by atoms with Crippen molar-refractivity contribution in [1.29, 1.82) is 0 Å². The van der Waals surface area contributed by atoms with Crippen LogP contribution < -0.4 is 14.8 Å². The standard InChI is InChI=1S/C22H27NO5S/c1-12(2)28-22(25)18-14-10-9-13(3)11-17(14)29-21(18)23-20(24)19-15(26-4)7-6-8-16(19)27-5/h6-8,12-13H,9-11H2,1-5H3,(H,23,24). The van der Waals surface area contributed by atoms with Crippen LogP contribution in [0.3, 0.4) is 0 Å². The van der Waals surface area contributed by atoms with Gasteiger partial charge in [0, 0.05) is 4.88 Å². The number of esters is 1. The molecule has 0 saturated carbocycles. The predicted molar refractivity (Wildman–Crippen MR) is 114 cm³/mol. The normalized spacial score (nSPS) is 15.6. The molecule has 6 nitrogen and oxygen atoms in total. The zero-order valence-electron chi connectivity index (χ0n) is 17.5. The van der Waals surface area contributed by atoms with Gasteiger partial charge < -0.3 is 19.5 Å². The predicted octanol–water partition coefficient (Wildman–Crippen LogP) is 4.71. The first-order chi connectivity index (χ1) is 13.8. The molecular formula is C22H27NO5S. The summed E-state index contributed by atoms with van der Waals surface area (Å²) in [4.78, 5) is 27.1. The molecule has 0 aliphatic heterocycles. The average Bonchev–Trinajstić information content (AvgIpc) is 3.03. The molecular weight excluding hydrogens is 390 g/mol. The molecule has 1 aromatic carbocycles. The number of fused-ring (bicyclic) bond motifs is 1. The third-order valence-corrected chi connectivity index (χ3v) is 6.11. The van der Waals surface area contributed by atoms with Gasteiger partial charge in [0.05, 0.1) is 25.9 Å². The second kappa shape index (κ2) is 8.86. The SMILES string of the molecule is COc1cccc(OC)c1C(=O)Nc1sc2c(c1C(=O)OC(C)C)CCC(C)C2. The Morgan fingerprint density at radius 2 is 1.79 bits per heavy atom. The lowest BCUT2D eigenvalue weighted by atomic mass is 9.88. The Labute approximate surface area is 175 Å². The number of thiophene rings is 1. The third kappa shape index (κ3) is 4.40. The van der Waals surface area contributed by atoms with Gasteiger partial charge in [0.25, 0.3) is 5.91 Å². The maximum Gasteiger partial charge on any atom is 0.341 e. The fourth-order valence-electron chi connectivity index (χ4n) is 3.57. The van der Waals surface area contributed by atoms with Crippen molar-refractivity contribution in [2.45, 2.75) is 46.1 Å². The lowest BCUT2D eigenvalue weighted by molar-refractivity contribution is 0.0378. The molecule has 156 valence electrons. The number of anilines is 1. The van der Waals surface area contributed by atoms with Crippen LogP contribution in [-0.2, 0) is 17.6 Å². The molecule has 29 heavy (non-hydrogen) atoms. The van der Waals surface area contributed by atoms with Gasteiger partial charge in [-0.2, -0.15) is 0 Å². The minimum atomic E-state index is -0.394. The third-order valence-electron chi connectivity index (χ3n) is 4.94. The topological polar surface area (TPSA) is 73.9 Å². The van der Waals surface area contributed by atoms with E-state index in [9.17, 15) is 9.59 Å². The first-order valence-corrected chi connectivity index (χ1v) is 10.5. The minimum Gasteiger partial charge on any atom is -0.496 e. The molecule has 1 heterocycles. The van der Waals surface area contributed by atoms with Gasteiger partial charge >= 0.3 is 5.97 Å². The van der Waals surface area contributed by atoms with E-state index in [1.807, 2.05) is 13.8 Å². The zero-order valence-corrected chi connectivity index (χ0v) is 18.3. The summed E-state index contributed by atoms with van der Waals surface area (Å²) in [6.07, 6.45) is 2.48. The number of methoxy groups -OCH3 is 2. The average molecular weight is 418 g/mol. The highest BCUT2D eigenvalue weighted by atomic mass is 32.1. The van der Waals surface area contributed by atoms with Gasteiger partial charge in [0.1, 0.15) is 22.1 Å². The van der Waals surface area contributed by atoms with Crippen LogP contribution in [0.4, 0.5) is 5.00 Å². The molecule has 0 saturated heterocycles. The van der Waals surface area contributed by atoms with E-state index in [-0.39, 0.29) is 12.0 Å². The van der Waals surface area contributed by atoms with E-state index in [1.54, 1.807) is 18.2 Å². The summed E-state index contributed by atoms with van der Waals surface area (Å²) in [6.45, 7) is 5.83. The molecule has 0 radical (unpaired) electrons. The first-order valence-electron chi connectivity index (χ1n) is 9.73. The van der Waals surface area contributed by atoms with Crippen LogP contribution in [-0.4, -0.2) is 32.2 Å². The van der Waals surface area contributed by atoms with Gasteiger partial charge in [-0.1, -0.05) is 13.0 Å². The number of amides is 1. The van der Waals surface area contributed by atoms with Crippen LogP contribution >= 0.6 is 11.3 Å².